The highest BCUT2D eigenvalue weighted by atomic mass is 32.2. The van der Waals surface area contributed by atoms with E-state index in [0.717, 1.165) is 5.69 Å². The first-order valence-corrected chi connectivity index (χ1v) is 6.19. The Bertz CT molecular complexity index is 333. The van der Waals surface area contributed by atoms with Crippen molar-refractivity contribution in [3.8, 4) is 0 Å². The molecule has 15 heavy (non-hydrogen) atoms. The van der Waals surface area contributed by atoms with Crippen molar-refractivity contribution < 1.29 is 0 Å². The van der Waals surface area contributed by atoms with Crippen LogP contribution in [0.25, 0.3) is 0 Å². The third-order valence-corrected chi connectivity index (χ3v) is 2.74. The predicted octanol–water partition coefficient (Wildman–Crippen LogP) is 2.88. The number of rotatable bonds is 4. The number of hydrogen-bond acceptors (Lipinski definition) is 2. The number of hydrogen-bond donors (Lipinski definition) is 2. The van der Waals surface area contributed by atoms with Crippen LogP contribution in [-0.2, 0) is 0 Å². The molecule has 2 N–H and O–H groups in total. The summed E-state index contributed by atoms with van der Waals surface area (Å²) in [5.74, 6) is 0. The predicted molar refractivity (Wildman–Crippen MR) is 72.6 cm³/mol. The lowest BCUT2D eigenvalue weighted by molar-refractivity contribution is 1.06. The summed E-state index contributed by atoms with van der Waals surface area (Å²) in [6, 6.07) is 8.13. The van der Waals surface area contributed by atoms with E-state index in [2.05, 4.69) is 35.6 Å². The van der Waals surface area contributed by atoms with Crippen LogP contribution < -0.4 is 10.6 Å². The van der Waals surface area contributed by atoms with Crippen LogP contribution in [0, 0.1) is 0 Å². The molecule has 0 spiro atoms. The summed E-state index contributed by atoms with van der Waals surface area (Å²) in [4.78, 5) is 1.24. The molecule has 0 aliphatic rings. The van der Waals surface area contributed by atoms with Crippen LogP contribution in [0.4, 0.5) is 5.69 Å². The Kier molecular flexibility index (Phi) is 5.21. The Morgan fingerprint density at radius 3 is 2.67 bits per heavy atom. The van der Waals surface area contributed by atoms with Gasteiger partial charge in [-0.2, -0.15) is 0 Å². The van der Waals surface area contributed by atoms with Crippen molar-refractivity contribution in [3.05, 3.63) is 36.9 Å². The third kappa shape index (κ3) is 4.36. The molecule has 0 aromatic heterocycles. The molecule has 80 valence electrons. The maximum absolute atomic E-state index is 5.09. The molecule has 0 fully saturated rings. The molecule has 0 saturated carbocycles. The number of benzene rings is 1. The first kappa shape index (κ1) is 12.1. The number of thiocarbonyl (C=S) groups is 1. The van der Waals surface area contributed by atoms with Crippen LogP contribution in [0.15, 0.2) is 41.8 Å². The van der Waals surface area contributed by atoms with Crippen molar-refractivity contribution in [1.29, 1.82) is 0 Å². The molecule has 0 bridgehead atoms. The topological polar surface area (TPSA) is 24.1 Å². The van der Waals surface area contributed by atoms with E-state index in [0.29, 0.717) is 11.7 Å². The van der Waals surface area contributed by atoms with Crippen LogP contribution in [0.1, 0.15) is 0 Å². The summed E-state index contributed by atoms with van der Waals surface area (Å²) in [7, 11) is 0. The Hall–Kier alpha value is -1.00. The molecular weight excluding hydrogens is 224 g/mol. The second kappa shape index (κ2) is 6.48. The van der Waals surface area contributed by atoms with Gasteiger partial charge >= 0.3 is 0 Å². The fraction of sp³-hybridized carbons (Fsp3) is 0.182. The van der Waals surface area contributed by atoms with E-state index in [-0.39, 0.29) is 0 Å². The number of nitrogens with one attached hydrogen (secondary N) is 2. The van der Waals surface area contributed by atoms with Crippen molar-refractivity contribution in [1.82, 2.24) is 5.32 Å². The van der Waals surface area contributed by atoms with E-state index in [9.17, 15) is 0 Å². The Balaban J connectivity index is 2.49. The van der Waals surface area contributed by atoms with Crippen LogP contribution >= 0.6 is 24.0 Å². The maximum atomic E-state index is 5.09. The van der Waals surface area contributed by atoms with E-state index in [1.807, 2.05) is 12.1 Å². The van der Waals surface area contributed by atoms with E-state index < -0.39 is 0 Å². The molecule has 0 aliphatic heterocycles. The summed E-state index contributed by atoms with van der Waals surface area (Å²) in [6.45, 7) is 4.29. The van der Waals surface area contributed by atoms with Crippen molar-refractivity contribution in [2.24, 2.45) is 0 Å². The molecule has 0 amide bonds. The second-order valence-electron chi connectivity index (χ2n) is 2.85. The van der Waals surface area contributed by atoms with Gasteiger partial charge in [0.1, 0.15) is 0 Å². The summed E-state index contributed by atoms with van der Waals surface area (Å²) in [5, 5.41) is 6.72. The van der Waals surface area contributed by atoms with E-state index in [1.165, 1.54) is 4.90 Å². The molecule has 4 heteroatoms. The van der Waals surface area contributed by atoms with Crippen LogP contribution in [0.2, 0.25) is 0 Å². The summed E-state index contributed by atoms with van der Waals surface area (Å²) in [6.07, 6.45) is 3.82. The summed E-state index contributed by atoms with van der Waals surface area (Å²) >= 11 is 6.81. The first-order valence-electron chi connectivity index (χ1n) is 4.56. The molecular formula is C11H14N2S2. The van der Waals surface area contributed by atoms with E-state index >= 15 is 0 Å². The summed E-state index contributed by atoms with van der Waals surface area (Å²) < 4.78 is 0. The smallest absolute Gasteiger partial charge is 0.171 e. The molecule has 0 atom stereocenters. The average molecular weight is 238 g/mol. The van der Waals surface area contributed by atoms with Gasteiger partial charge in [-0.1, -0.05) is 6.08 Å². The van der Waals surface area contributed by atoms with Crippen LogP contribution in [-0.4, -0.2) is 17.9 Å². The Morgan fingerprint density at radius 2 is 2.13 bits per heavy atom. The third-order valence-electron chi connectivity index (χ3n) is 1.75. The van der Waals surface area contributed by atoms with Crippen molar-refractivity contribution in [3.63, 3.8) is 0 Å². The SMILES string of the molecule is C=CCNC(=S)Nc1ccc(SC)cc1. The standard InChI is InChI=1S/C11H14N2S2/c1-3-8-12-11(14)13-9-4-6-10(15-2)7-5-9/h3-7H,1,8H2,2H3,(H2,12,13,14). The van der Waals surface area contributed by atoms with Gasteiger partial charge in [0, 0.05) is 17.1 Å². The molecule has 0 saturated heterocycles. The minimum atomic E-state index is 0.617. The average Bonchev–Trinajstić information content (AvgIpc) is 2.27. The molecule has 0 radical (unpaired) electrons. The fourth-order valence-electron chi connectivity index (χ4n) is 1.01. The van der Waals surface area contributed by atoms with Crippen LogP contribution in [0.3, 0.4) is 0 Å². The molecule has 0 unspecified atom stereocenters. The zero-order valence-corrected chi connectivity index (χ0v) is 10.3. The maximum Gasteiger partial charge on any atom is 0.171 e. The zero-order chi connectivity index (χ0) is 11.1. The lowest BCUT2D eigenvalue weighted by atomic mass is 10.3. The largest absolute Gasteiger partial charge is 0.359 e. The van der Waals surface area contributed by atoms with Gasteiger partial charge in [0.05, 0.1) is 0 Å². The minimum absolute atomic E-state index is 0.617. The normalized spacial score (nSPS) is 9.40. The van der Waals surface area contributed by atoms with Gasteiger partial charge in [-0.25, -0.2) is 0 Å². The lowest BCUT2D eigenvalue weighted by Crippen LogP contribution is -2.28. The van der Waals surface area contributed by atoms with Gasteiger partial charge in [0.2, 0.25) is 0 Å². The summed E-state index contributed by atoms with van der Waals surface area (Å²) in [5.41, 5.74) is 0.995. The lowest BCUT2D eigenvalue weighted by Gasteiger charge is -2.08. The molecule has 0 aliphatic carbocycles. The van der Waals surface area contributed by atoms with Gasteiger partial charge < -0.3 is 10.6 Å². The molecule has 0 heterocycles. The van der Waals surface area contributed by atoms with Gasteiger partial charge in [-0.15, -0.1) is 18.3 Å². The van der Waals surface area contributed by atoms with Gasteiger partial charge in [-0.05, 0) is 42.7 Å². The van der Waals surface area contributed by atoms with Crippen LogP contribution in [0.5, 0.6) is 0 Å². The number of thioether (sulfide) groups is 1. The zero-order valence-electron chi connectivity index (χ0n) is 8.62. The molecule has 1 rings (SSSR count). The van der Waals surface area contributed by atoms with Crippen molar-refractivity contribution >= 4 is 34.8 Å². The monoisotopic (exact) mass is 238 g/mol. The highest BCUT2D eigenvalue weighted by Gasteiger charge is 1.95. The highest BCUT2D eigenvalue weighted by Crippen LogP contribution is 2.17. The van der Waals surface area contributed by atoms with Gasteiger partial charge in [-0.3, -0.25) is 0 Å². The minimum Gasteiger partial charge on any atom is -0.359 e. The van der Waals surface area contributed by atoms with E-state index in [1.54, 1.807) is 17.8 Å². The molecule has 1 aromatic rings. The first-order chi connectivity index (χ1) is 7.26. The van der Waals surface area contributed by atoms with Crippen molar-refractivity contribution in [2.45, 2.75) is 4.90 Å². The van der Waals surface area contributed by atoms with Crippen molar-refractivity contribution in [2.75, 3.05) is 18.1 Å². The highest BCUT2D eigenvalue weighted by molar-refractivity contribution is 7.98. The van der Waals surface area contributed by atoms with Gasteiger partial charge in [0.25, 0.3) is 0 Å². The molecule has 1 aromatic carbocycles. The number of anilines is 1. The Morgan fingerprint density at radius 1 is 1.47 bits per heavy atom. The fourth-order valence-corrected chi connectivity index (χ4v) is 1.62. The second-order valence-corrected chi connectivity index (χ2v) is 4.14. The Labute approximate surface area is 100 Å². The van der Waals surface area contributed by atoms with Gasteiger partial charge in [0.15, 0.2) is 5.11 Å². The molecule has 2 nitrogen and oxygen atoms in total. The quantitative estimate of drug-likeness (QED) is 0.478. The van der Waals surface area contributed by atoms with E-state index in [4.69, 9.17) is 12.2 Å².